The number of rotatable bonds is 6. The second-order valence-corrected chi connectivity index (χ2v) is 8.88. The first kappa shape index (κ1) is 21.5. The molecule has 0 heterocycles. The Kier molecular flexibility index (Phi) is 5.63. The van der Waals surface area contributed by atoms with E-state index in [0.29, 0.717) is 16.8 Å². The lowest BCUT2D eigenvalue weighted by molar-refractivity contribution is -0.142. The topological polar surface area (TPSA) is 107 Å². The maximum absolute atomic E-state index is 12.9. The second-order valence-electron chi connectivity index (χ2n) is 7.20. The molecule has 162 valence electrons. The predicted octanol–water partition coefficient (Wildman–Crippen LogP) is 3.37. The molecule has 0 saturated heterocycles. The quantitative estimate of drug-likeness (QED) is 0.453. The third kappa shape index (κ3) is 4.04. The number of fused-ring (bicyclic) bond motifs is 2. The smallest absolute Gasteiger partial charge is 0.310 e. The summed E-state index contributed by atoms with van der Waals surface area (Å²) >= 11 is 0. The summed E-state index contributed by atoms with van der Waals surface area (Å²) in [5, 5.41) is 0. The molecule has 0 amide bonds. The van der Waals surface area contributed by atoms with Crippen molar-refractivity contribution in [2.45, 2.75) is 18.2 Å². The van der Waals surface area contributed by atoms with E-state index in [1.54, 1.807) is 43.3 Å². The zero-order chi connectivity index (χ0) is 22.9. The molecule has 0 unspecified atom stereocenters. The minimum Gasteiger partial charge on any atom is -0.466 e. The molecule has 0 bridgehead atoms. The van der Waals surface area contributed by atoms with Gasteiger partial charge in [0.1, 0.15) is 0 Å². The van der Waals surface area contributed by atoms with E-state index in [2.05, 4.69) is 4.72 Å². The van der Waals surface area contributed by atoms with E-state index in [1.807, 2.05) is 0 Å². The molecule has 0 aliphatic heterocycles. The lowest BCUT2D eigenvalue weighted by Crippen LogP contribution is -2.22. The average molecular weight is 449 g/mol. The van der Waals surface area contributed by atoms with Gasteiger partial charge in [-0.25, -0.2) is 8.42 Å². The maximum atomic E-state index is 12.9. The van der Waals surface area contributed by atoms with Crippen LogP contribution in [-0.2, 0) is 26.0 Å². The first-order valence-electron chi connectivity index (χ1n) is 9.90. The zero-order valence-electron chi connectivity index (χ0n) is 17.1. The third-order valence-corrected chi connectivity index (χ3v) is 6.45. The highest BCUT2D eigenvalue weighted by Crippen LogP contribution is 2.29. The van der Waals surface area contributed by atoms with Crippen molar-refractivity contribution in [2.24, 2.45) is 0 Å². The number of nitrogens with one attached hydrogen (secondary N) is 1. The Morgan fingerprint density at radius 3 is 2.06 bits per heavy atom. The molecular weight excluding hydrogens is 430 g/mol. The summed E-state index contributed by atoms with van der Waals surface area (Å²) < 4.78 is 33.1. The molecule has 0 saturated carbocycles. The van der Waals surface area contributed by atoms with Crippen LogP contribution in [0.4, 0.5) is 5.69 Å². The predicted molar refractivity (Wildman–Crippen MR) is 117 cm³/mol. The molecule has 3 aromatic rings. The Bertz CT molecular complexity index is 1340. The molecule has 32 heavy (non-hydrogen) atoms. The number of sulfonamides is 1. The van der Waals surface area contributed by atoms with Crippen LogP contribution in [0.2, 0.25) is 0 Å². The molecule has 3 aromatic carbocycles. The van der Waals surface area contributed by atoms with Crippen LogP contribution in [0.25, 0.3) is 0 Å². The van der Waals surface area contributed by atoms with E-state index >= 15 is 0 Å². The molecule has 4 rings (SSSR count). The van der Waals surface area contributed by atoms with Gasteiger partial charge in [-0.05, 0) is 42.8 Å². The number of anilines is 1. The number of hydrogen-bond acceptors (Lipinski definition) is 6. The molecular formula is C24H19NO6S. The van der Waals surface area contributed by atoms with E-state index < -0.39 is 15.8 Å². The Balaban J connectivity index is 1.58. The number of ketones is 2. The minimum absolute atomic E-state index is 0.0568. The van der Waals surface area contributed by atoms with E-state index in [0.717, 1.165) is 0 Å². The Labute approximate surface area is 185 Å². The van der Waals surface area contributed by atoms with Gasteiger partial charge in [0.25, 0.3) is 10.0 Å². The summed E-state index contributed by atoms with van der Waals surface area (Å²) in [6, 6.07) is 16.7. The van der Waals surface area contributed by atoms with Crippen molar-refractivity contribution >= 4 is 33.2 Å². The van der Waals surface area contributed by atoms with Crippen molar-refractivity contribution in [1.29, 1.82) is 0 Å². The summed E-state index contributed by atoms with van der Waals surface area (Å²) in [5.41, 5.74) is 1.77. The zero-order valence-corrected chi connectivity index (χ0v) is 17.9. The van der Waals surface area contributed by atoms with Crippen molar-refractivity contribution in [3.63, 3.8) is 0 Å². The SMILES string of the molecule is CCOC(=O)Cc1ccc(NS(=O)(=O)c2ccc3c(c2)C(=O)c2ccccc2C3=O)cc1. The van der Waals surface area contributed by atoms with Crippen molar-refractivity contribution < 1.29 is 27.5 Å². The number of carbonyl (C=O) groups excluding carboxylic acids is 3. The fourth-order valence-corrected chi connectivity index (χ4v) is 4.61. The first-order valence-corrected chi connectivity index (χ1v) is 11.4. The molecule has 0 atom stereocenters. The molecule has 0 fully saturated rings. The van der Waals surface area contributed by atoms with Crippen molar-refractivity contribution in [3.05, 3.63) is 94.5 Å². The van der Waals surface area contributed by atoms with Gasteiger partial charge in [0, 0.05) is 27.9 Å². The van der Waals surface area contributed by atoms with E-state index in [4.69, 9.17) is 4.74 Å². The summed E-state index contributed by atoms with van der Waals surface area (Å²) in [6.07, 6.45) is 0.0866. The first-order chi connectivity index (χ1) is 15.3. The maximum Gasteiger partial charge on any atom is 0.310 e. The molecule has 0 spiro atoms. The fraction of sp³-hybridized carbons (Fsp3) is 0.125. The van der Waals surface area contributed by atoms with E-state index in [9.17, 15) is 22.8 Å². The highest BCUT2D eigenvalue weighted by Gasteiger charge is 2.30. The number of esters is 1. The van der Waals surface area contributed by atoms with Crippen LogP contribution in [0.3, 0.4) is 0 Å². The van der Waals surface area contributed by atoms with Gasteiger partial charge in [0.05, 0.1) is 17.9 Å². The monoisotopic (exact) mass is 449 g/mol. The number of hydrogen-bond donors (Lipinski definition) is 1. The van der Waals surface area contributed by atoms with Crippen LogP contribution < -0.4 is 4.72 Å². The van der Waals surface area contributed by atoms with Gasteiger partial charge in [-0.2, -0.15) is 0 Å². The lowest BCUT2D eigenvalue weighted by Gasteiger charge is -2.18. The van der Waals surface area contributed by atoms with E-state index in [-0.39, 0.29) is 46.4 Å². The number of benzene rings is 3. The van der Waals surface area contributed by atoms with Crippen LogP contribution >= 0.6 is 0 Å². The molecule has 1 aliphatic rings. The molecule has 0 aromatic heterocycles. The van der Waals surface area contributed by atoms with Crippen LogP contribution in [0, 0.1) is 0 Å². The van der Waals surface area contributed by atoms with Gasteiger partial charge < -0.3 is 4.74 Å². The number of ether oxygens (including phenoxy) is 1. The fourth-order valence-electron chi connectivity index (χ4n) is 3.53. The highest BCUT2D eigenvalue weighted by molar-refractivity contribution is 7.92. The summed E-state index contributed by atoms with van der Waals surface area (Å²) in [4.78, 5) is 37.0. The molecule has 8 heteroatoms. The highest BCUT2D eigenvalue weighted by atomic mass is 32.2. The molecule has 7 nitrogen and oxygen atoms in total. The lowest BCUT2D eigenvalue weighted by atomic mass is 9.84. The van der Waals surface area contributed by atoms with Crippen LogP contribution in [0.15, 0.2) is 71.6 Å². The average Bonchev–Trinajstić information content (AvgIpc) is 2.78. The van der Waals surface area contributed by atoms with Gasteiger partial charge in [0.2, 0.25) is 0 Å². The van der Waals surface area contributed by atoms with Crippen LogP contribution in [0.1, 0.15) is 44.3 Å². The third-order valence-electron chi connectivity index (χ3n) is 5.07. The molecule has 0 radical (unpaired) electrons. The van der Waals surface area contributed by atoms with Gasteiger partial charge in [-0.3, -0.25) is 19.1 Å². The van der Waals surface area contributed by atoms with Gasteiger partial charge in [-0.1, -0.05) is 36.4 Å². The largest absolute Gasteiger partial charge is 0.466 e. The van der Waals surface area contributed by atoms with Crippen LogP contribution in [-0.4, -0.2) is 32.6 Å². The standard InChI is InChI=1S/C24H19NO6S/c1-2-31-22(26)13-15-7-9-16(10-8-15)25-32(29,30)17-11-12-20-21(14-17)24(28)19-6-4-3-5-18(19)23(20)27/h3-12,14,25H,2,13H2,1H3. The summed E-state index contributed by atoms with van der Waals surface area (Å²) in [6.45, 7) is 2.01. The minimum atomic E-state index is -4.01. The second kappa shape index (κ2) is 8.39. The van der Waals surface area contributed by atoms with Gasteiger partial charge >= 0.3 is 5.97 Å². The molecule has 1 aliphatic carbocycles. The van der Waals surface area contributed by atoms with E-state index in [1.165, 1.54) is 30.3 Å². The van der Waals surface area contributed by atoms with Gasteiger partial charge in [0.15, 0.2) is 11.6 Å². The van der Waals surface area contributed by atoms with Crippen LogP contribution in [0.5, 0.6) is 0 Å². The van der Waals surface area contributed by atoms with Crippen molar-refractivity contribution in [3.8, 4) is 0 Å². The normalized spacial score (nSPS) is 12.7. The Morgan fingerprint density at radius 1 is 0.844 bits per heavy atom. The van der Waals surface area contributed by atoms with Crippen molar-refractivity contribution in [1.82, 2.24) is 0 Å². The summed E-state index contributed by atoms with van der Waals surface area (Å²) in [7, 11) is -4.01. The summed E-state index contributed by atoms with van der Waals surface area (Å²) in [5.74, 6) is -1.07. The number of carbonyl (C=O) groups is 3. The Morgan fingerprint density at radius 2 is 1.44 bits per heavy atom. The van der Waals surface area contributed by atoms with Gasteiger partial charge in [-0.15, -0.1) is 0 Å². The Hall–Kier alpha value is -3.78. The molecule has 1 N–H and O–H groups in total. The van der Waals surface area contributed by atoms with Crippen molar-refractivity contribution in [2.75, 3.05) is 11.3 Å².